The Morgan fingerprint density at radius 1 is 1.13 bits per heavy atom. The summed E-state index contributed by atoms with van der Waals surface area (Å²) in [6.45, 7) is 5.28. The zero-order chi connectivity index (χ0) is 21.7. The first-order valence-electron chi connectivity index (χ1n) is 11.6. The highest BCUT2D eigenvalue weighted by Crippen LogP contribution is 2.41. The number of ether oxygens (including phenoxy) is 1. The van der Waals surface area contributed by atoms with Crippen molar-refractivity contribution < 1.29 is 14.3 Å². The molecule has 1 saturated heterocycles. The van der Waals surface area contributed by atoms with Gasteiger partial charge in [0.2, 0.25) is 0 Å². The van der Waals surface area contributed by atoms with Gasteiger partial charge in [-0.3, -0.25) is 0 Å². The lowest BCUT2D eigenvalue weighted by atomic mass is 9.75. The topological polar surface area (TPSA) is 49.1 Å². The first-order chi connectivity index (χ1) is 15.1. The van der Waals surface area contributed by atoms with Gasteiger partial charge in [0, 0.05) is 45.1 Å². The zero-order valence-electron chi connectivity index (χ0n) is 18.9. The van der Waals surface area contributed by atoms with Crippen LogP contribution in [0.4, 0.5) is 0 Å². The van der Waals surface area contributed by atoms with Gasteiger partial charge < -0.3 is 24.1 Å². The summed E-state index contributed by atoms with van der Waals surface area (Å²) in [5, 5.41) is 12.4. The van der Waals surface area contributed by atoms with Crippen LogP contribution in [0, 0.1) is 5.92 Å². The average molecular weight is 425 g/mol. The molecule has 5 heteroatoms. The predicted octanol–water partition coefficient (Wildman–Crippen LogP) is 4.08. The number of hydrogen-bond acceptors (Lipinski definition) is 5. The lowest BCUT2D eigenvalue weighted by molar-refractivity contribution is -0.00649. The number of likely N-dealkylation sites (N-methyl/N-ethyl adjacent to an activating group) is 1. The third-order valence-corrected chi connectivity index (χ3v) is 7.05. The van der Waals surface area contributed by atoms with Crippen LogP contribution in [0.5, 0.6) is 5.75 Å². The summed E-state index contributed by atoms with van der Waals surface area (Å²) in [5.41, 5.74) is 1.36. The van der Waals surface area contributed by atoms with E-state index in [2.05, 4.69) is 35.1 Å². The first-order valence-corrected chi connectivity index (χ1v) is 11.6. The zero-order valence-corrected chi connectivity index (χ0v) is 18.9. The molecule has 1 aromatic heterocycles. The van der Waals surface area contributed by atoms with E-state index < -0.39 is 5.60 Å². The lowest BCUT2D eigenvalue weighted by Crippen LogP contribution is -2.51. The second-order valence-electron chi connectivity index (χ2n) is 9.18. The lowest BCUT2D eigenvalue weighted by Gasteiger charge is -2.42. The SMILES string of the molecule is COc1ccc(CC2(O)/C(=C\c3ccco3)CCCCC2CN2CCN(C)CC2)cc1. The van der Waals surface area contributed by atoms with E-state index in [1.165, 1.54) is 0 Å². The molecule has 0 bridgehead atoms. The largest absolute Gasteiger partial charge is 0.497 e. The summed E-state index contributed by atoms with van der Waals surface area (Å²) in [6, 6.07) is 12.0. The van der Waals surface area contributed by atoms with E-state index in [0.29, 0.717) is 6.42 Å². The van der Waals surface area contributed by atoms with Gasteiger partial charge in [0.15, 0.2) is 0 Å². The van der Waals surface area contributed by atoms with Crippen molar-refractivity contribution in [1.82, 2.24) is 9.80 Å². The van der Waals surface area contributed by atoms with Crippen molar-refractivity contribution in [2.45, 2.75) is 37.7 Å². The van der Waals surface area contributed by atoms with Crippen molar-refractivity contribution in [3.05, 3.63) is 59.6 Å². The van der Waals surface area contributed by atoms with Crippen molar-refractivity contribution in [2.24, 2.45) is 5.92 Å². The summed E-state index contributed by atoms with van der Waals surface area (Å²) >= 11 is 0. The summed E-state index contributed by atoms with van der Waals surface area (Å²) in [4.78, 5) is 4.93. The molecule has 1 aliphatic carbocycles. The monoisotopic (exact) mass is 424 g/mol. The average Bonchev–Trinajstić information content (AvgIpc) is 3.25. The Bertz CT molecular complexity index is 838. The molecule has 2 unspecified atom stereocenters. The molecule has 1 saturated carbocycles. The van der Waals surface area contributed by atoms with Gasteiger partial charge in [-0.2, -0.15) is 0 Å². The van der Waals surface area contributed by atoms with Crippen molar-refractivity contribution in [3.63, 3.8) is 0 Å². The van der Waals surface area contributed by atoms with Crippen LogP contribution in [0.15, 0.2) is 52.7 Å². The highest BCUT2D eigenvalue weighted by Gasteiger charge is 2.42. The predicted molar refractivity (Wildman–Crippen MR) is 124 cm³/mol. The van der Waals surface area contributed by atoms with Gasteiger partial charge >= 0.3 is 0 Å². The van der Waals surface area contributed by atoms with Crippen LogP contribution in [0.3, 0.4) is 0 Å². The van der Waals surface area contributed by atoms with E-state index in [0.717, 1.165) is 81.1 Å². The highest BCUT2D eigenvalue weighted by molar-refractivity contribution is 5.51. The minimum Gasteiger partial charge on any atom is -0.497 e. The summed E-state index contributed by atoms with van der Waals surface area (Å²) < 4.78 is 11.0. The smallest absolute Gasteiger partial charge is 0.126 e. The van der Waals surface area contributed by atoms with E-state index in [1.807, 2.05) is 24.3 Å². The van der Waals surface area contributed by atoms with Crippen LogP contribution in [0.25, 0.3) is 6.08 Å². The summed E-state index contributed by atoms with van der Waals surface area (Å²) in [5.74, 6) is 1.86. The molecule has 168 valence electrons. The minimum atomic E-state index is -0.888. The van der Waals surface area contributed by atoms with Crippen LogP contribution < -0.4 is 4.74 Å². The molecule has 0 spiro atoms. The molecule has 31 heavy (non-hydrogen) atoms. The number of rotatable bonds is 6. The Balaban J connectivity index is 1.64. The second kappa shape index (κ2) is 10.0. The Labute approximate surface area is 186 Å². The molecule has 4 rings (SSSR count). The maximum absolute atomic E-state index is 12.4. The number of benzene rings is 1. The Morgan fingerprint density at radius 3 is 2.58 bits per heavy atom. The number of piperazine rings is 1. The number of furan rings is 1. The second-order valence-corrected chi connectivity index (χ2v) is 9.18. The first kappa shape index (κ1) is 22.1. The third-order valence-electron chi connectivity index (χ3n) is 7.05. The van der Waals surface area contributed by atoms with Gasteiger partial charge in [-0.05, 0) is 67.8 Å². The van der Waals surface area contributed by atoms with Gasteiger partial charge in [-0.15, -0.1) is 0 Å². The fourth-order valence-corrected chi connectivity index (χ4v) is 5.06. The van der Waals surface area contributed by atoms with Crippen LogP contribution in [0.2, 0.25) is 0 Å². The van der Waals surface area contributed by atoms with Crippen molar-refractivity contribution in [2.75, 3.05) is 46.9 Å². The van der Waals surface area contributed by atoms with E-state index in [-0.39, 0.29) is 5.92 Å². The van der Waals surface area contributed by atoms with E-state index in [9.17, 15) is 5.11 Å². The number of methoxy groups -OCH3 is 1. The molecular weight excluding hydrogens is 388 g/mol. The van der Waals surface area contributed by atoms with Gasteiger partial charge in [0.1, 0.15) is 11.5 Å². The quantitative estimate of drug-likeness (QED) is 0.708. The van der Waals surface area contributed by atoms with Crippen LogP contribution in [-0.4, -0.2) is 67.4 Å². The maximum Gasteiger partial charge on any atom is 0.126 e. The fourth-order valence-electron chi connectivity index (χ4n) is 5.06. The van der Waals surface area contributed by atoms with E-state index in [1.54, 1.807) is 13.4 Å². The molecule has 2 atom stereocenters. The number of hydrogen-bond donors (Lipinski definition) is 1. The van der Waals surface area contributed by atoms with E-state index >= 15 is 0 Å². The van der Waals surface area contributed by atoms with Crippen LogP contribution in [0.1, 0.15) is 37.0 Å². The Hall–Kier alpha value is -2.08. The normalized spacial score (nSPS) is 27.3. The maximum atomic E-state index is 12.4. The van der Waals surface area contributed by atoms with Crippen molar-refractivity contribution in [3.8, 4) is 5.75 Å². The van der Waals surface area contributed by atoms with Crippen LogP contribution in [-0.2, 0) is 6.42 Å². The third kappa shape index (κ3) is 5.40. The van der Waals surface area contributed by atoms with Gasteiger partial charge in [0.25, 0.3) is 0 Å². The van der Waals surface area contributed by atoms with Crippen LogP contribution >= 0.6 is 0 Å². The minimum absolute atomic E-state index is 0.196. The molecule has 5 nitrogen and oxygen atoms in total. The van der Waals surface area contributed by atoms with E-state index in [4.69, 9.17) is 9.15 Å². The highest BCUT2D eigenvalue weighted by atomic mass is 16.5. The Morgan fingerprint density at radius 2 is 1.90 bits per heavy atom. The fraction of sp³-hybridized carbons (Fsp3) is 0.538. The molecule has 2 heterocycles. The van der Waals surface area contributed by atoms with Gasteiger partial charge in [0.05, 0.1) is 19.0 Å². The summed E-state index contributed by atoms with van der Waals surface area (Å²) in [6.07, 6.45) is 8.62. The van der Waals surface area contributed by atoms with Gasteiger partial charge in [-0.1, -0.05) is 18.6 Å². The molecule has 2 fully saturated rings. The molecule has 0 amide bonds. The Kier molecular flexibility index (Phi) is 7.16. The number of aliphatic hydroxyl groups is 1. The molecule has 1 N–H and O–H groups in total. The number of nitrogens with zero attached hydrogens (tertiary/aromatic N) is 2. The molecular formula is C26H36N2O3. The molecule has 2 aliphatic rings. The van der Waals surface area contributed by atoms with Gasteiger partial charge in [-0.25, -0.2) is 0 Å². The molecule has 0 radical (unpaired) electrons. The standard InChI is InChI=1S/C26H36N2O3/c1-27-13-15-28(16-14-27)20-23-7-4-3-6-22(18-25-8-5-17-31-25)26(23,29)19-21-9-11-24(30-2)12-10-21/h5,8-12,17-18,23,29H,3-4,6-7,13-16,19-20H2,1-2H3/b22-18-. The molecule has 2 aromatic rings. The van der Waals surface area contributed by atoms with Crippen molar-refractivity contribution in [1.29, 1.82) is 0 Å². The summed E-state index contributed by atoms with van der Waals surface area (Å²) in [7, 11) is 3.87. The molecule has 1 aromatic carbocycles. The molecule has 1 aliphatic heterocycles. The van der Waals surface area contributed by atoms with Crippen molar-refractivity contribution >= 4 is 6.08 Å².